The van der Waals surface area contributed by atoms with Crippen molar-refractivity contribution in [2.75, 3.05) is 10.6 Å². The maximum absolute atomic E-state index is 12.2. The summed E-state index contributed by atoms with van der Waals surface area (Å²) < 4.78 is 6.21. The first-order valence-electron chi connectivity index (χ1n) is 18.0. The van der Waals surface area contributed by atoms with E-state index in [0.717, 1.165) is 33.4 Å². The van der Waals surface area contributed by atoms with Gasteiger partial charge in [0, 0.05) is 71.3 Å². The summed E-state index contributed by atoms with van der Waals surface area (Å²) in [5, 5.41) is 49.5. The molecule has 2 saturated carbocycles. The van der Waals surface area contributed by atoms with E-state index >= 15 is 0 Å². The predicted molar refractivity (Wildman–Crippen MR) is 210 cm³/mol. The second-order valence-electron chi connectivity index (χ2n) is 13.7. The molecular formula is C38H34ClN13O7. The number of H-pyrrole nitrogens is 1. The molecule has 4 aromatic heterocycles. The molecule has 20 nitrogen and oxygen atoms in total. The molecule has 0 radical (unpaired) electrons. The minimum atomic E-state index is -0.616. The zero-order valence-corrected chi connectivity index (χ0v) is 31.6. The summed E-state index contributed by atoms with van der Waals surface area (Å²) in [7, 11) is 0. The molecule has 0 atom stereocenters. The first-order valence-corrected chi connectivity index (χ1v) is 18.0. The number of hydrogen-bond acceptors (Lipinski definition) is 13. The van der Waals surface area contributed by atoms with E-state index in [-0.39, 0.29) is 72.0 Å². The Morgan fingerprint density at radius 1 is 0.831 bits per heavy atom. The van der Waals surface area contributed by atoms with Gasteiger partial charge in [-0.2, -0.15) is 25.4 Å². The van der Waals surface area contributed by atoms with Gasteiger partial charge in [-0.1, -0.05) is 0 Å². The highest BCUT2D eigenvalue weighted by atomic mass is 35.5. The summed E-state index contributed by atoms with van der Waals surface area (Å²) in [5.41, 5.74) is 5.28. The standard InChI is InChI=1S/C16H14N6O2.C12H11N3O4.C10H8N4O.ClH/c17-6-9-3-11(4-9)20-16(24)22-8-10(7-19-22)12-1-2-18-15-13(12)5-14(23)21-15;13-7-8-5-9(6-8)14-12(16)19-11-3-1-10(2-4-11)15(17)18;15-9-3-8-7(6-4-12-13-5-6)1-2-11-10(8)14-9;/h1-2,7-9,11H,3-5H2,(H,20,24)(H,18,21,23);1-4,8-9H,5-6H2,(H,14,16);1-2,4-5H,3H2,(H,12,13)(H,11,14,15);1H. The monoisotopic (exact) mass is 819 g/mol. The fraction of sp³-hybridized carbons (Fsp3) is 0.263. The highest BCUT2D eigenvalue weighted by Gasteiger charge is 2.32. The Morgan fingerprint density at radius 2 is 1.39 bits per heavy atom. The molecule has 6 heterocycles. The third-order valence-corrected chi connectivity index (χ3v) is 9.76. The Morgan fingerprint density at radius 3 is 1.92 bits per heavy atom. The number of anilines is 2. The van der Waals surface area contributed by atoms with Crippen LogP contribution in [-0.4, -0.2) is 70.9 Å². The Hall–Kier alpha value is -7.71. The predicted octanol–water partition coefficient (Wildman–Crippen LogP) is 4.67. The van der Waals surface area contributed by atoms with Gasteiger partial charge in [0.2, 0.25) is 11.8 Å². The Bertz CT molecular complexity index is 2470. The highest BCUT2D eigenvalue weighted by molar-refractivity contribution is 6.01. The summed E-state index contributed by atoms with van der Waals surface area (Å²) in [4.78, 5) is 64.7. The molecule has 2 aliphatic carbocycles. The number of aromatic nitrogens is 6. The fourth-order valence-corrected chi connectivity index (χ4v) is 6.61. The van der Waals surface area contributed by atoms with Crippen LogP contribution in [0.2, 0.25) is 0 Å². The number of amides is 4. The van der Waals surface area contributed by atoms with Crippen LogP contribution in [0.3, 0.4) is 0 Å². The number of carbonyl (C=O) groups is 4. The molecule has 4 amide bonds. The highest BCUT2D eigenvalue weighted by Crippen LogP contribution is 2.33. The van der Waals surface area contributed by atoms with Crippen molar-refractivity contribution in [1.29, 1.82) is 10.5 Å². The maximum Gasteiger partial charge on any atom is 0.412 e. The van der Waals surface area contributed by atoms with Crippen molar-refractivity contribution < 1.29 is 28.8 Å². The van der Waals surface area contributed by atoms with Crippen LogP contribution in [-0.2, 0) is 22.4 Å². The molecule has 0 saturated heterocycles. The van der Waals surface area contributed by atoms with Gasteiger partial charge >= 0.3 is 12.1 Å². The van der Waals surface area contributed by atoms with Gasteiger partial charge in [0.15, 0.2) is 0 Å². The van der Waals surface area contributed by atoms with Crippen LogP contribution < -0.4 is 26.0 Å². The molecule has 2 fully saturated rings. The minimum Gasteiger partial charge on any atom is -0.410 e. The second-order valence-corrected chi connectivity index (χ2v) is 13.7. The minimum absolute atomic E-state index is 0. The molecule has 5 N–H and O–H groups in total. The van der Waals surface area contributed by atoms with Crippen molar-refractivity contribution in [2.45, 2.75) is 50.6 Å². The lowest BCUT2D eigenvalue weighted by Gasteiger charge is -2.30. The lowest BCUT2D eigenvalue weighted by molar-refractivity contribution is -0.384. The average Bonchev–Trinajstić information content (AvgIpc) is 4.01. The molecule has 21 heteroatoms. The van der Waals surface area contributed by atoms with Crippen LogP contribution in [0.4, 0.5) is 26.9 Å². The van der Waals surface area contributed by atoms with Crippen LogP contribution in [0.25, 0.3) is 22.3 Å². The van der Waals surface area contributed by atoms with E-state index in [1.165, 1.54) is 28.9 Å². The van der Waals surface area contributed by atoms with Gasteiger partial charge in [0.1, 0.15) is 17.4 Å². The van der Waals surface area contributed by atoms with Gasteiger partial charge < -0.3 is 26.0 Å². The van der Waals surface area contributed by atoms with Crippen molar-refractivity contribution in [3.8, 4) is 40.1 Å². The van der Waals surface area contributed by atoms with Gasteiger partial charge in [-0.15, -0.1) is 12.4 Å². The van der Waals surface area contributed by atoms with E-state index in [1.807, 2.05) is 12.1 Å². The number of fused-ring (bicyclic) bond motifs is 2. The van der Waals surface area contributed by atoms with E-state index in [2.05, 4.69) is 58.7 Å². The lowest BCUT2D eigenvalue weighted by Crippen LogP contribution is -2.45. The van der Waals surface area contributed by atoms with Gasteiger partial charge in [-0.25, -0.2) is 19.6 Å². The van der Waals surface area contributed by atoms with Crippen molar-refractivity contribution in [2.24, 2.45) is 11.8 Å². The molecule has 9 rings (SSSR count). The number of pyridine rings is 2. The van der Waals surface area contributed by atoms with E-state index in [9.17, 15) is 29.3 Å². The van der Waals surface area contributed by atoms with Gasteiger partial charge in [-0.3, -0.25) is 24.8 Å². The third-order valence-electron chi connectivity index (χ3n) is 9.76. The molecule has 59 heavy (non-hydrogen) atoms. The molecule has 0 bridgehead atoms. The SMILES string of the molecule is Cl.N#CC1CC(NC(=O)Oc2ccc([N+](=O)[O-])cc2)C1.N#CC1CC(NC(=O)n2cc(-c3ccnc4c3CC(=O)N4)cn2)C1.O=C1Cc2c(-c3cn[nH]c3)ccnc2N1. The number of aromatic amines is 1. The normalized spacial score (nSPS) is 18.9. The smallest absolute Gasteiger partial charge is 0.410 e. The fourth-order valence-electron chi connectivity index (χ4n) is 6.61. The van der Waals surface area contributed by atoms with Crippen molar-refractivity contribution >= 4 is 53.7 Å². The number of ether oxygens (including phenoxy) is 1. The van der Waals surface area contributed by atoms with E-state index in [0.29, 0.717) is 43.7 Å². The van der Waals surface area contributed by atoms with Crippen molar-refractivity contribution in [3.63, 3.8) is 0 Å². The first kappa shape index (κ1) is 40.9. The molecular weight excluding hydrogens is 786 g/mol. The molecule has 300 valence electrons. The largest absolute Gasteiger partial charge is 0.412 e. The summed E-state index contributed by atoms with van der Waals surface area (Å²) in [6, 6.07) is 12.9. The zero-order valence-electron chi connectivity index (χ0n) is 30.8. The molecule has 0 spiro atoms. The summed E-state index contributed by atoms with van der Waals surface area (Å²) in [6.45, 7) is 0. The van der Waals surface area contributed by atoms with E-state index < -0.39 is 11.0 Å². The lowest BCUT2D eigenvalue weighted by atomic mass is 9.81. The number of nitriles is 2. The number of nitrogens with zero attached hydrogens (tertiary/aromatic N) is 8. The van der Waals surface area contributed by atoms with Crippen LogP contribution >= 0.6 is 12.4 Å². The van der Waals surface area contributed by atoms with Gasteiger partial charge in [0.25, 0.3) is 5.69 Å². The summed E-state index contributed by atoms with van der Waals surface area (Å²) in [5.74, 6) is 1.41. The second kappa shape index (κ2) is 18.0. The average molecular weight is 820 g/mol. The quantitative estimate of drug-likeness (QED) is 0.115. The third kappa shape index (κ3) is 9.64. The molecule has 5 aromatic rings. The number of carbonyl (C=O) groups excluding carboxylic acids is 4. The number of halogens is 1. The van der Waals surface area contributed by atoms with Crippen molar-refractivity contribution in [3.05, 3.63) is 94.8 Å². The van der Waals surface area contributed by atoms with Crippen LogP contribution in [0.1, 0.15) is 36.8 Å². The topological polar surface area (TPSA) is 289 Å². The molecule has 0 unspecified atom stereocenters. The Kier molecular flexibility index (Phi) is 12.5. The van der Waals surface area contributed by atoms with Crippen LogP contribution in [0.5, 0.6) is 5.75 Å². The molecule has 2 aliphatic heterocycles. The number of rotatable bonds is 6. The van der Waals surface area contributed by atoms with Crippen molar-refractivity contribution in [1.82, 2.24) is 40.6 Å². The van der Waals surface area contributed by atoms with Gasteiger partial charge in [-0.05, 0) is 61.1 Å². The summed E-state index contributed by atoms with van der Waals surface area (Å²) in [6.07, 6.45) is 12.7. The number of nitrogens with one attached hydrogen (secondary N) is 5. The maximum atomic E-state index is 12.2. The molecule has 1 aromatic carbocycles. The Labute approximate surface area is 340 Å². The number of hydrogen-bond donors (Lipinski definition) is 5. The van der Waals surface area contributed by atoms with E-state index in [4.69, 9.17) is 15.3 Å². The van der Waals surface area contributed by atoms with Crippen LogP contribution in [0, 0.1) is 44.6 Å². The van der Waals surface area contributed by atoms with Crippen LogP contribution in [0.15, 0.2) is 73.6 Å². The zero-order chi connectivity index (χ0) is 40.8. The Balaban J connectivity index is 0.000000152. The number of nitro benzene ring substituents is 1. The summed E-state index contributed by atoms with van der Waals surface area (Å²) >= 11 is 0. The van der Waals surface area contributed by atoms with Gasteiger partial charge in [0.05, 0.1) is 54.1 Å². The number of nitro groups is 1. The first-order chi connectivity index (χ1) is 28.1. The van der Waals surface area contributed by atoms with E-state index in [1.54, 1.807) is 37.2 Å². The number of non-ortho nitro benzene ring substituents is 1. The molecule has 4 aliphatic rings. The number of benzene rings is 1.